The number of aliphatic carboxylic acids is 1. The Kier molecular flexibility index (Phi) is 3.32. The number of hydrogen-bond donors (Lipinski definition) is 1. The normalized spacial score (nSPS) is 24.9. The molecule has 84 valence electrons. The van der Waals surface area contributed by atoms with Crippen molar-refractivity contribution in [2.45, 2.75) is 40.0 Å². The van der Waals surface area contributed by atoms with Gasteiger partial charge >= 0.3 is 5.97 Å². The Hall–Kier alpha value is -1.12. The summed E-state index contributed by atoms with van der Waals surface area (Å²) in [6, 6.07) is 0. The fourth-order valence-electron chi connectivity index (χ4n) is 2.42. The predicted octanol–water partition coefficient (Wildman–Crippen LogP) is 2.41. The van der Waals surface area contributed by atoms with Gasteiger partial charge in [0, 0.05) is 12.3 Å². The smallest absolute Gasteiger partial charge is 0.303 e. The van der Waals surface area contributed by atoms with Gasteiger partial charge in [-0.1, -0.05) is 19.4 Å². The molecular formula is C12H18O3. The molecular weight excluding hydrogens is 192 g/mol. The van der Waals surface area contributed by atoms with Gasteiger partial charge in [0.1, 0.15) is 0 Å². The molecule has 0 bridgehead atoms. The lowest BCUT2D eigenvalue weighted by molar-refractivity contribution is -0.137. The first-order valence-corrected chi connectivity index (χ1v) is 5.26. The fourth-order valence-corrected chi connectivity index (χ4v) is 2.42. The molecule has 0 aromatic heterocycles. The molecule has 0 heterocycles. The number of ketones is 1. The van der Waals surface area contributed by atoms with Crippen LogP contribution in [0.4, 0.5) is 0 Å². The van der Waals surface area contributed by atoms with Gasteiger partial charge < -0.3 is 5.11 Å². The van der Waals surface area contributed by atoms with Crippen molar-refractivity contribution in [2.75, 3.05) is 0 Å². The zero-order valence-corrected chi connectivity index (χ0v) is 9.54. The molecule has 3 heteroatoms. The van der Waals surface area contributed by atoms with Crippen LogP contribution in [0.3, 0.4) is 0 Å². The maximum Gasteiger partial charge on any atom is 0.303 e. The predicted molar refractivity (Wildman–Crippen MR) is 57.5 cm³/mol. The highest BCUT2D eigenvalue weighted by molar-refractivity contribution is 5.94. The minimum atomic E-state index is -0.829. The van der Waals surface area contributed by atoms with Crippen LogP contribution in [-0.2, 0) is 9.59 Å². The molecule has 1 aliphatic carbocycles. The Labute approximate surface area is 90.2 Å². The third-order valence-corrected chi connectivity index (χ3v) is 3.06. The van der Waals surface area contributed by atoms with Gasteiger partial charge in [0.05, 0.1) is 0 Å². The fraction of sp³-hybridized carbons (Fsp3) is 0.667. The second kappa shape index (κ2) is 4.17. The van der Waals surface area contributed by atoms with E-state index >= 15 is 0 Å². The first kappa shape index (κ1) is 12.0. The summed E-state index contributed by atoms with van der Waals surface area (Å²) in [7, 11) is 0. The lowest BCUT2D eigenvalue weighted by Crippen LogP contribution is -2.34. The van der Waals surface area contributed by atoms with Gasteiger partial charge in [-0.2, -0.15) is 0 Å². The highest BCUT2D eigenvalue weighted by Gasteiger charge is 2.37. The molecule has 0 unspecified atom stereocenters. The molecule has 0 spiro atoms. The summed E-state index contributed by atoms with van der Waals surface area (Å²) in [5, 5.41) is 8.63. The third-order valence-electron chi connectivity index (χ3n) is 3.06. The number of carboxylic acid groups (broad SMARTS) is 1. The van der Waals surface area contributed by atoms with Crippen LogP contribution < -0.4 is 0 Å². The summed E-state index contributed by atoms with van der Waals surface area (Å²) in [5.74, 6) is -0.882. The minimum absolute atomic E-state index is 0.0761. The van der Waals surface area contributed by atoms with Crippen LogP contribution in [0.15, 0.2) is 11.6 Å². The lowest BCUT2D eigenvalue weighted by atomic mass is 9.67. The van der Waals surface area contributed by atoms with Gasteiger partial charge in [0.15, 0.2) is 5.78 Å². The molecule has 0 aromatic rings. The highest BCUT2D eigenvalue weighted by Crippen LogP contribution is 2.40. The molecule has 15 heavy (non-hydrogen) atoms. The highest BCUT2D eigenvalue weighted by atomic mass is 16.4. The largest absolute Gasteiger partial charge is 0.481 e. The first-order chi connectivity index (χ1) is 6.83. The van der Waals surface area contributed by atoms with Gasteiger partial charge in [-0.25, -0.2) is 0 Å². The zero-order chi connectivity index (χ0) is 11.6. The van der Waals surface area contributed by atoms with E-state index in [1.165, 1.54) is 0 Å². The van der Waals surface area contributed by atoms with Crippen LogP contribution in [0.25, 0.3) is 0 Å². The Morgan fingerprint density at radius 3 is 2.67 bits per heavy atom. The van der Waals surface area contributed by atoms with Crippen molar-refractivity contribution in [1.82, 2.24) is 0 Å². The Morgan fingerprint density at radius 2 is 2.20 bits per heavy atom. The monoisotopic (exact) mass is 210 g/mol. The number of hydrogen-bond acceptors (Lipinski definition) is 2. The molecule has 0 aromatic carbocycles. The third kappa shape index (κ3) is 2.91. The SMILES string of the molecule is CC1=CC(=O)[C@H](CCC(=O)O)C(C)(C)C1. The molecule has 0 saturated heterocycles. The molecule has 3 nitrogen and oxygen atoms in total. The molecule has 1 aliphatic rings. The summed E-state index contributed by atoms with van der Waals surface area (Å²) >= 11 is 0. The van der Waals surface area contributed by atoms with Crippen molar-refractivity contribution in [3.63, 3.8) is 0 Å². The maximum atomic E-state index is 11.8. The Bertz CT molecular complexity index is 313. The van der Waals surface area contributed by atoms with Gasteiger partial charge in [-0.3, -0.25) is 9.59 Å². The van der Waals surface area contributed by atoms with E-state index in [-0.39, 0.29) is 23.5 Å². The lowest BCUT2D eigenvalue weighted by Gasteiger charge is -2.36. The van der Waals surface area contributed by atoms with Crippen LogP contribution in [-0.4, -0.2) is 16.9 Å². The Morgan fingerprint density at radius 1 is 1.60 bits per heavy atom. The van der Waals surface area contributed by atoms with Gasteiger partial charge in [0.25, 0.3) is 0 Å². The average molecular weight is 210 g/mol. The van der Waals surface area contributed by atoms with Crippen LogP contribution in [0.2, 0.25) is 0 Å². The minimum Gasteiger partial charge on any atom is -0.481 e. The van der Waals surface area contributed by atoms with Crippen molar-refractivity contribution in [1.29, 1.82) is 0 Å². The van der Waals surface area contributed by atoms with E-state index in [1.54, 1.807) is 6.08 Å². The van der Waals surface area contributed by atoms with Gasteiger partial charge in [0.2, 0.25) is 0 Å². The van der Waals surface area contributed by atoms with Crippen molar-refractivity contribution in [3.8, 4) is 0 Å². The van der Waals surface area contributed by atoms with E-state index in [4.69, 9.17) is 5.11 Å². The average Bonchev–Trinajstić information content (AvgIpc) is 1.98. The molecule has 1 rings (SSSR count). The second-order valence-electron chi connectivity index (χ2n) is 5.04. The van der Waals surface area contributed by atoms with E-state index in [9.17, 15) is 9.59 Å². The van der Waals surface area contributed by atoms with Gasteiger partial charge in [-0.15, -0.1) is 0 Å². The quantitative estimate of drug-likeness (QED) is 0.778. The van der Waals surface area contributed by atoms with E-state index < -0.39 is 5.97 Å². The first-order valence-electron chi connectivity index (χ1n) is 5.26. The summed E-state index contributed by atoms with van der Waals surface area (Å²) in [6.45, 7) is 6.02. The number of allylic oxidation sites excluding steroid dienone is 2. The number of rotatable bonds is 3. The summed E-state index contributed by atoms with van der Waals surface area (Å²) in [6.07, 6.45) is 3.07. The van der Waals surface area contributed by atoms with Crippen LogP contribution in [0, 0.1) is 11.3 Å². The molecule has 0 fully saturated rings. The zero-order valence-electron chi connectivity index (χ0n) is 9.54. The second-order valence-corrected chi connectivity index (χ2v) is 5.04. The van der Waals surface area contributed by atoms with Crippen LogP contribution in [0.1, 0.15) is 40.0 Å². The van der Waals surface area contributed by atoms with E-state index in [1.807, 2.05) is 20.8 Å². The Balaban J connectivity index is 2.77. The van der Waals surface area contributed by atoms with Crippen molar-refractivity contribution in [3.05, 3.63) is 11.6 Å². The van der Waals surface area contributed by atoms with Crippen LogP contribution >= 0.6 is 0 Å². The van der Waals surface area contributed by atoms with Crippen molar-refractivity contribution in [2.24, 2.45) is 11.3 Å². The molecule has 1 N–H and O–H groups in total. The van der Waals surface area contributed by atoms with Crippen molar-refractivity contribution < 1.29 is 14.7 Å². The molecule has 0 radical (unpaired) electrons. The van der Waals surface area contributed by atoms with Crippen molar-refractivity contribution >= 4 is 11.8 Å². The van der Waals surface area contributed by atoms with E-state index in [0.717, 1.165) is 12.0 Å². The maximum absolute atomic E-state index is 11.8. The summed E-state index contributed by atoms with van der Waals surface area (Å²) in [4.78, 5) is 22.3. The van der Waals surface area contributed by atoms with Crippen LogP contribution in [0.5, 0.6) is 0 Å². The topological polar surface area (TPSA) is 54.4 Å². The van der Waals surface area contributed by atoms with E-state index in [0.29, 0.717) is 6.42 Å². The molecule has 0 aliphatic heterocycles. The number of carbonyl (C=O) groups is 2. The summed E-state index contributed by atoms with van der Waals surface area (Å²) < 4.78 is 0. The molecule has 0 amide bonds. The van der Waals surface area contributed by atoms with Gasteiger partial charge in [-0.05, 0) is 31.3 Å². The summed E-state index contributed by atoms with van der Waals surface area (Å²) in [5.41, 5.74) is 0.988. The molecule has 1 atom stereocenters. The standard InChI is InChI=1S/C12H18O3/c1-8-6-10(13)9(4-5-11(14)15)12(2,3)7-8/h6,9H,4-5,7H2,1-3H3,(H,14,15)/t9-/m0/s1. The number of carbonyl (C=O) groups excluding carboxylic acids is 1. The molecule has 0 saturated carbocycles. The number of carboxylic acids is 1. The van der Waals surface area contributed by atoms with E-state index in [2.05, 4.69) is 0 Å².